The molecule has 3 rings (SSSR count). The molecule has 2 fully saturated rings. The Morgan fingerprint density at radius 1 is 1.08 bits per heavy atom. The standard InChI is InChI=1S/C16H20F3N3O.ClH/c17-16(18,19)13-3-1-12(2-4-13)15(23)22-9-7-21(8-10-22)14-5-6-20-11-14;/h1-4,14,20H,5-11H2;1H. The van der Waals surface area contributed by atoms with Gasteiger partial charge in [-0.15, -0.1) is 12.4 Å². The minimum Gasteiger partial charge on any atom is -0.336 e. The van der Waals surface area contributed by atoms with E-state index >= 15 is 0 Å². The molecule has 0 aliphatic carbocycles. The highest BCUT2D eigenvalue weighted by Gasteiger charge is 2.31. The molecule has 1 atom stereocenters. The van der Waals surface area contributed by atoms with Crippen LogP contribution in [-0.2, 0) is 6.18 Å². The fourth-order valence-electron chi connectivity index (χ4n) is 3.23. The lowest BCUT2D eigenvalue weighted by atomic mass is 10.1. The van der Waals surface area contributed by atoms with Gasteiger partial charge in [-0.2, -0.15) is 13.2 Å². The predicted octanol–water partition coefficient (Wildman–Crippen LogP) is 2.25. The third kappa shape index (κ3) is 4.20. The van der Waals surface area contributed by atoms with E-state index in [-0.39, 0.29) is 18.3 Å². The lowest BCUT2D eigenvalue weighted by Crippen LogP contribution is -2.52. The number of carbonyl (C=O) groups is 1. The van der Waals surface area contributed by atoms with Crippen LogP contribution in [0.2, 0.25) is 0 Å². The lowest BCUT2D eigenvalue weighted by molar-refractivity contribution is -0.137. The van der Waals surface area contributed by atoms with Gasteiger partial charge in [0.25, 0.3) is 5.91 Å². The Labute approximate surface area is 145 Å². The fourth-order valence-corrected chi connectivity index (χ4v) is 3.23. The van der Waals surface area contributed by atoms with Gasteiger partial charge in [-0.3, -0.25) is 9.69 Å². The van der Waals surface area contributed by atoms with Crippen LogP contribution in [0.3, 0.4) is 0 Å². The van der Waals surface area contributed by atoms with Crippen molar-refractivity contribution in [2.75, 3.05) is 39.3 Å². The predicted molar refractivity (Wildman–Crippen MR) is 87.4 cm³/mol. The quantitative estimate of drug-likeness (QED) is 0.875. The molecular weight excluding hydrogens is 343 g/mol. The Bertz CT molecular complexity index is 551. The van der Waals surface area contributed by atoms with Gasteiger partial charge in [-0.25, -0.2) is 0 Å². The zero-order valence-electron chi connectivity index (χ0n) is 13.2. The maximum atomic E-state index is 12.6. The van der Waals surface area contributed by atoms with Gasteiger partial charge in [0.15, 0.2) is 0 Å². The molecule has 2 heterocycles. The largest absolute Gasteiger partial charge is 0.416 e. The number of nitrogens with zero attached hydrogens (tertiary/aromatic N) is 2. The van der Waals surface area contributed by atoms with Crippen LogP contribution in [0.1, 0.15) is 22.3 Å². The van der Waals surface area contributed by atoms with Gasteiger partial charge in [0.1, 0.15) is 0 Å². The number of halogens is 4. The van der Waals surface area contributed by atoms with Crippen molar-refractivity contribution >= 4 is 18.3 Å². The molecule has 0 spiro atoms. The molecular formula is C16H21ClF3N3O. The first kappa shape index (κ1) is 19.0. The normalized spacial score (nSPS) is 22.3. The molecule has 134 valence electrons. The molecule has 0 bridgehead atoms. The molecule has 1 amide bonds. The van der Waals surface area contributed by atoms with E-state index in [1.54, 1.807) is 4.90 Å². The van der Waals surface area contributed by atoms with Gasteiger partial charge < -0.3 is 10.2 Å². The highest BCUT2D eigenvalue weighted by atomic mass is 35.5. The first-order valence-corrected chi connectivity index (χ1v) is 7.86. The highest BCUT2D eigenvalue weighted by molar-refractivity contribution is 5.94. The lowest BCUT2D eigenvalue weighted by Gasteiger charge is -2.37. The smallest absolute Gasteiger partial charge is 0.336 e. The van der Waals surface area contributed by atoms with Crippen molar-refractivity contribution in [3.63, 3.8) is 0 Å². The monoisotopic (exact) mass is 363 g/mol. The first-order chi connectivity index (χ1) is 10.9. The topological polar surface area (TPSA) is 35.6 Å². The van der Waals surface area contributed by atoms with Crippen LogP contribution in [0.5, 0.6) is 0 Å². The maximum absolute atomic E-state index is 12.6. The summed E-state index contributed by atoms with van der Waals surface area (Å²) in [6, 6.07) is 5.00. The highest BCUT2D eigenvalue weighted by Crippen LogP contribution is 2.29. The molecule has 24 heavy (non-hydrogen) atoms. The third-order valence-electron chi connectivity index (χ3n) is 4.61. The number of carbonyl (C=O) groups excluding carboxylic acids is 1. The van der Waals surface area contributed by atoms with Crippen molar-refractivity contribution in [2.24, 2.45) is 0 Å². The van der Waals surface area contributed by atoms with Crippen molar-refractivity contribution < 1.29 is 18.0 Å². The summed E-state index contributed by atoms with van der Waals surface area (Å²) in [6.45, 7) is 4.91. The number of hydrogen-bond acceptors (Lipinski definition) is 3. The van der Waals surface area contributed by atoms with Crippen molar-refractivity contribution in [1.29, 1.82) is 0 Å². The minimum absolute atomic E-state index is 0. The van der Waals surface area contributed by atoms with Crippen molar-refractivity contribution in [2.45, 2.75) is 18.6 Å². The zero-order chi connectivity index (χ0) is 16.4. The molecule has 0 saturated carbocycles. The second-order valence-electron chi connectivity index (χ2n) is 6.05. The Morgan fingerprint density at radius 3 is 2.21 bits per heavy atom. The van der Waals surface area contributed by atoms with Gasteiger partial charge in [-0.05, 0) is 37.2 Å². The van der Waals surface area contributed by atoms with Crippen molar-refractivity contribution in [1.82, 2.24) is 15.1 Å². The number of alkyl halides is 3. The molecule has 1 aromatic carbocycles. The van der Waals surface area contributed by atoms with Gasteiger partial charge in [0, 0.05) is 44.3 Å². The molecule has 0 radical (unpaired) electrons. The summed E-state index contributed by atoms with van der Waals surface area (Å²) in [5.41, 5.74) is -0.415. The molecule has 2 aliphatic heterocycles. The van der Waals surface area contributed by atoms with E-state index < -0.39 is 11.7 Å². The van der Waals surface area contributed by atoms with Gasteiger partial charge in [-0.1, -0.05) is 0 Å². The van der Waals surface area contributed by atoms with Crippen LogP contribution in [0, 0.1) is 0 Å². The molecule has 2 saturated heterocycles. The third-order valence-corrected chi connectivity index (χ3v) is 4.61. The van der Waals surface area contributed by atoms with E-state index in [4.69, 9.17) is 0 Å². The van der Waals surface area contributed by atoms with Gasteiger partial charge >= 0.3 is 6.18 Å². The second kappa shape index (κ2) is 7.72. The van der Waals surface area contributed by atoms with Crippen LogP contribution in [0.15, 0.2) is 24.3 Å². The first-order valence-electron chi connectivity index (χ1n) is 7.86. The Morgan fingerprint density at radius 2 is 1.71 bits per heavy atom. The molecule has 8 heteroatoms. The summed E-state index contributed by atoms with van der Waals surface area (Å²) in [5, 5.41) is 3.33. The Balaban J connectivity index is 0.00000208. The van der Waals surface area contributed by atoms with Gasteiger partial charge in [0.05, 0.1) is 5.56 Å². The van der Waals surface area contributed by atoms with E-state index in [0.29, 0.717) is 24.7 Å². The minimum atomic E-state index is -4.37. The van der Waals surface area contributed by atoms with E-state index in [2.05, 4.69) is 10.2 Å². The van der Waals surface area contributed by atoms with Crippen LogP contribution in [-0.4, -0.2) is 61.0 Å². The molecule has 1 aromatic rings. The van der Waals surface area contributed by atoms with Crippen LogP contribution >= 0.6 is 12.4 Å². The summed E-state index contributed by atoms with van der Waals surface area (Å²) in [5.74, 6) is -0.192. The molecule has 2 aliphatic rings. The number of hydrogen-bond donors (Lipinski definition) is 1. The van der Waals surface area contributed by atoms with Crippen molar-refractivity contribution in [3.05, 3.63) is 35.4 Å². The van der Waals surface area contributed by atoms with Crippen LogP contribution in [0.25, 0.3) is 0 Å². The number of piperazine rings is 1. The number of amides is 1. The summed E-state index contributed by atoms with van der Waals surface area (Å²) in [4.78, 5) is 16.5. The molecule has 1 N–H and O–H groups in total. The number of benzene rings is 1. The van der Waals surface area contributed by atoms with Crippen molar-refractivity contribution in [3.8, 4) is 0 Å². The maximum Gasteiger partial charge on any atom is 0.416 e. The van der Waals surface area contributed by atoms with Crippen LogP contribution in [0.4, 0.5) is 13.2 Å². The number of rotatable bonds is 2. The average molecular weight is 364 g/mol. The summed E-state index contributed by atoms with van der Waals surface area (Å²) in [7, 11) is 0. The van der Waals surface area contributed by atoms with Crippen LogP contribution < -0.4 is 5.32 Å². The fraction of sp³-hybridized carbons (Fsp3) is 0.562. The summed E-state index contributed by atoms with van der Waals surface area (Å²) in [6.07, 6.45) is -3.24. The van der Waals surface area contributed by atoms with E-state index in [0.717, 1.165) is 44.7 Å². The molecule has 1 unspecified atom stereocenters. The average Bonchev–Trinajstić information content (AvgIpc) is 3.08. The zero-order valence-corrected chi connectivity index (χ0v) is 14.0. The van der Waals surface area contributed by atoms with E-state index in [9.17, 15) is 18.0 Å². The Hall–Kier alpha value is -1.31. The number of nitrogens with one attached hydrogen (secondary N) is 1. The SMILES string of the molecule is Cl.O=C(c1ccc(C(F)(F)F)cc1)N1CCN(C2CCNC2)CC1. The van der Waals surface area contributed by atoms with Gasteiger partial charge in [0.2, 0.25) is 0 Å². The molecule has 4 nitrogen and oxygen atoms in total. The second-order valence-corrected chi connectivity index (χ2v) is 6.05. The molecule has 0 aromatic heterocycles. The summed E-state index contributed by atoms with van der Waals surface area (Å²) < 4.78 is 37.7. The van der Waals surface area contributed by atoms with E-state index in [1.807, 2.05) is 0 Å². The summed E-state index contributed by atoms with van der Waals surface area (Å²) >= 11 is 0. The Kier molecular flexibility index (Phi) is 6.11. The van der Waals surface area contributed by atoms with E-state index in [1.165, 1.54) is 12.1 Å².